The lowest BCUT2D eigenvalue weighted by molar-refractivity contribution is -0.137. The van der Waals surface area contributed by atoms with E-state index in [2.05, 4.69) is 44.9 Å². The third-order valence-electron chi connectivity index (χ3n) is 12.4. The average molecular weight is 987 g/mol. The van der Waals surface area contributed by atoms with Crippen LogP contribution >= 0.6 is 0 Å². The number of nitrogens with one attached hydrogen (secondary N) is 4. The van der Waals surface area contributed by atoms with E-state index >= 15 is 0 Å². The van der Waals surface area contributed by atoms with Gasteiger partial charge in [-0.3, -0.25) is 18.5 Å². The molecule has 9 rings (SSSR count). The van der Waals surface area contributed by atoms with Crippen LogP contribution < -0.4 is 21.3 Å². The fraction of sp³-hybridized carbons (Fsp3) is 0.157. The molecule has 2 aromatic heterocycles. The van der Waals surface area contributed by atoms with Gasteiger partial charge in [-0.25, -0.2) is 0 Å². The summed E-state index contributed by atoms with van der Waals surface area (Å²) >= 11 is 0. The molecular weight excluding hydrogens is 941 g/mol. The van der Waals surface area contributed by atoms with Crippen LogP contribution in [0, 0.1) is 0 Å². The van der Waals surface area contributed by atoms with Gasteiger partial charge in [0.1, 0.15) is 0 Å². The van der Waals surface area contributed by atoms with Gasteiger partial charge in [-0.2, -0.15) is 25.3 Å². The van der Waals surface area contributed by atoms with Gasteiger partial charge in [0.25, 0.3) is 30.4 Å². The van der Waals surface area contributed by atoms with Gasteiger partial charge in [0, 0.05) is 62.2 Å². The van der Waals surface area contributed by atoms with E-state index in [1.807, 2.05) is 48.6 Å². The Morgan fingerprint density at radius 3 is 1.26 bits per heavy atom. The number of fused-ring (bicyclic) bond motifs is 8. The number of aliphatic carboxylic acids is 1. The lowest BCUT2D eigenvalue weighted by atomic mass is 9.96. The van der Waals surface area contributed by atoms with Crippen LogP contribution in [0.3, 0.4) is 0 Å². The van der Waals surface area contributed by atoms with E-state index in [4.69, 9.17) is 5.11 Å². The third-order valence-corrected chi connectivity index (χ3v) is 15.0. The minimum Gasteiger partial charge on any atom is -0.481 e. The number of aromatic nitrogens is 2. The van der Waals surface area contributed by atoms with Crippen molar-refractivity contribution >= 4 is 58.6 Å². The fourth-order valence-corrected chi connectivity index (χ4v) is 10.5. The molecule has 3 aliphatic rings. The summed E-state index contributed by atoms with van der Waals surface area (Å²) in [5.74, 6) is -0.790. The van der Waals surface area contributed by atoms with Crippen molar-refractivity contribution in [3.63, 3.8) is 0 Å². The summed E-state index contributed by atoms with van der Waals surface area (Å²) in [6, 6.07) is 32.6. The van der Waals surface area contributed by atoms with Crippen molar-refractivity contribution in [2.75, 3.05) is 0 Å². The smallest absolute Gasteiger partial charge is 0.303 e. The van der Waals surface area contributed by atoms with Crippen molar-refractivity contribution in [2.24, 2.45) is 0 Å². The highest BCUT2D eigenvalue weighted by Crippen LogP contribution is 2.36. The molecule has 15 nitrogen and oxygen atoms in total. The normalized spacial score (nSPS) is 20.7. The summed E-state index contributed by atoms with van der Waals surface area (Å²) in [5.41, 5.74) is 9.33. The molecular formula is C51H46N4O11S3. The van der Waals surface area contributed by atoms with Crippen LogP contribution in [0.1, 0.15) is 71.3 Å². The summed E-state index contributed by atoms with van der Waals surface area (Å²) in [7, 11) is -13.5. The Balaban J connectivity index is 1.25. The molecule has 69 heavy (non-hydrogen) atoms. The minimum absolute atomic E-state index is 0.160. The topological polar surface area (TPSA) is 256 Å². The van der Waals surface area contributed by atoms with Gasteiger partial charge < -0.3 is 25.7 Å². The molecule has 3 aliphatic heterocycles. The first kappa shape index (κ1) is 47.0. The van der Waals surface area contributed by atoms with Crippen molar-refractivity contribution in [1.82, 2.24) is 20.6 Å². The van der Waals surface area contributed by atoms with E-state index in [0.29, 0.717) is 62.4 Å². The highest BCUT2D eigenvalue weighted by Gasteiger charge is 2.28. The standard InChI is InChI=1S/C51H46N4O11S3/c56-47(57)6-4-2-1-3-5-31-7-9-32(10-8-31)48-39-23-25-41(52-39)49(33-11-17-36(18-12-33)67(58,59)60)43-27-29-45(54-43)51(35-15-21-38(22-16-35)69(64,65)66)46-30-28-44(55-46)50(42-26-24-40(48)53-42)34-13-19-37(20-14-34)68(61,62)63/h7-30,39,44,52-55H,1-6H2,(H,56,57)(H,58,59,60)(H,61,62,63)(H,64,65,66)/b48-40-,49-41-,50-42-,51-46-. The number of rotatable bonds is 14. The third kappa shape index (κ3) is 10.2. The van der Waals surface area contributed by atoms with Crippen molar-refractivity contribution < 1.29 is 48.8 Å². The Bertz CT molecular complexity index is 3590. The lowest BCUT2D eigenvalue weighted by Crippen LogP contribution is -2.31. The number of carboxylic acid groups (broad SMARTS) is 1. The zero-order chi connectivity index (χ0) is 48.7. The molecule has 5 heterocycles. The predicted octanol–water partition coefficient (Wildman–Crippen LogP) is 6.35. The van der Waals surface area contributed by atoms with Crippen LogP contribution in [0.5, 0.6) is 0 Å². The van der Waals surface area contributed by atoms with Gasteiger partial charge in [0.15, 0.2) is 0 Å². The van der Waals surface area contributed by atoms with Gasteiger partial charge in [-0.15, -0.1) is 0 Å². The van der Waals surface area contributed by atoms with Crippen LogP contribution in [-0.2, 0) is 41.6 Å². The maximum Gasteiger partial charge on any atom is 0.303 e. The molecule has 354 valence electrons. The summed E-state index contributed by atoms with van der Waals surface area (Å²) in [4.78, 5) is 17.4. The number of unbranched alkanes of at least 4 members (excludes halogenated alkanes) is 3. The molecule has 6 aromatic rings. The first-order valence-corrected chi connectivity index (χ1v) is 26.3. The first-order chi connectivity index (χ1) is 32.9. The maximum atomic E-state index is 12.1. The number of aryl methyl sites for hydroxylation is 1. The average Bonchev–Trinajstić information content (AvgIpc) is 4.16. The van der Waals surface area contributed by atoms with Crippen LogP contribution in [-0.4, -0.2) is 72.0 Å². The van der Waals surface area contributed by atoms with E-state index in [1.165, 1.54) is 36.4 Å². The minimum atomic E-state index is -4.51. The molecule has 18 heteroatoms. The van der Waals surface area contributed by atoms with Crippen LogP contribution in [0.4, 0.5) is 0 Å². The van der Waals surface area contributed by atoms with Crippen LogP contribution in [0.15, 0.2) is 172 Å². The second-order valence-corrected chi connectivity index (χ2v) is 21.2. The van der Waals surface area contributed by atoms with E-state index < -0.39 is 48.4 Å². The fourth-order valence-electron chi connectivity index (χ4n) is 9.08. The van der Waals surface area contributed by atoms with Crippen LogP contribution in [0.25, 0.3) is 22.3 Å². The molecule has 2 unspecified atom stereocenters. The Kier molecular flexibility index (Phi) is 12.8. The molecule has 0 radical (unpaired) electrons. The number of hydrogen-bond acceptors (Lipinski definition) is 9. The zero-order valence-corrected chi connectivity index (χ0v) is 39.1. The molecule has 4 aromatic carbocycles. The molecule has 8 N–H and O–H groups in total. The van der Waals surface area contributed by atoms with E-state index in [1.54, 1.807) is 36.4 Å². The van der Waals surface area contributed by atoms with Gasteiger partial charge in [0.05, 0.1) is 26.8 Å². The molecule has 8 bridgehead atoms. The number of aromatic amines is 2. The number of H-pyrrole nitrogens is 2. The molecule has 0 saturated heterocycles. The van der Waals surface area contributed by atoms with E-state index in [9.17, 15) is 43.7 Å². The van der Waals surface area contributed by atoms with Gasteiger partial charge in [-0.1, -0.05) is 85.7 Å². The molecule has 0 amide bonds. The Labute approximate surface area is 398 Å². The summed E-state index contributed by atoms with van der Waals surface area (Å²) in [6.07, 6.45) is 12.1. The lowest BCUT2D eigenvalue weighted by Gasteiger charge is -2.20. The van der Waals surface area contributed by atoms with Crippen molar-refractivity contribution in [1.29, 1.82) is 0 Å². The van der Waals surface area contributed by atoms with Crippen molar-refractivity contribution in [2.45, 2.75) is 65.3 Å². The molecule has 0 spiro atoms. The summed E-state index contributed by atoms with van der Waals surface area (Å²) in [6.45, 7) is 0. The summed E-state index contributed by atoms with van der Waals surface area (Å²) in [5, 5.41) is 17.8. The number of benzene rings is 4. The first-order valence-electron chi connectivity index (χ1n) is 22.0. The molecule has 0 fully saturated rings. The van der Waals surface area contributed by atoms with E-state index in [0.717, 1.165) is 53.3 Å². The zero-order valence-electron chi connectivity index (χ0n) is 36.6. The quantitative estimate of drug-likeness (QED) is 0.0438. The second-order valence-electron chi connectivity index (χ2n) is 16.9. The van der Waals surface area contributed by atoms with Crippen molar-refractivity contribution in [3.8, 4) is 0 Å². The second kappa shape index (κ2) is 18.8. The van der Waals surface area contributed by atoms with Gasteiger partial charge in [-0.05, 0) is 120 Å². The number of hydrogen-bond donors (Lipinski definition) is 8. The monoisotopic (exact) mass is 986 g/mol. The SMILES string of the molecule is O=C(O)CCCCCCc1ccc(/C2=c3\cc/c([nH]3)=C(\c3ccc(S(=O)(=O)O)cc3)C3C=C/C(=C(\c4ccc(S(=O)(=O)O)cc4)c4ccc([nH]4)/C(c4ccc(S(=O)(=O)O)cc4)=C4/C=CC2N4)N3)cc1. The Hall–Kier alpha value is -7.06. The Morgan fingerprint density at radius 1 is 0.464 bits per heavy atom. The predicted molar refractivity (Wildman–Crippen MR) is 260 cm³/mol. The number of allylic oxidation sites excluding steroid dienone is 2. The molecule has 2 atom stereocenters. The number of carbonyl (C=O) groups is 1. The highest BCUT2D eigenvalue weighted by atomic mass is 32.2. The summed E-state index contributed by atoms with van der Waals surface area (Å²) < 4.78 is 102. The Morgan fingerprint density at radius 2 is 0.855 bits per heavy atom. The number of carboxylic acids is 1. The van der Waals surface area contributed by atoms with Gasteiger partial charge >= 0.3 is 5.97 Å². The highest BCUT2D eigenvalue weighted by molar-refractivity contribution is 7.86. The van der Waals surface area contributed by atoms with E-state index in [-0.39, 0.29) is 21.1 Å². The van der Waals surface area contributed by atoms with Crippen LogP contribution in [0.2, 0.25) is 0 Å². The van der Waals surface area contributed by atoms with Gasteiger partial charge in [0.2, 0.25) is 0 Å². The molecule has 0 saturated carbocycles. The largest absolute Gasteiger partial charge is 0.481 e. The van der Waals surface area contributed by atoms with Crippen molar-refractivity contribution in [3.05, 3.63) is 207 Å². The molecule has 0 aliphatic carbocycles. The maximum absolute atomic E-state index is 12.1.